The maximum atomic E-state index is 5.98. The Balaban J connectivity index is 1.73. The maximum absolute atomic E-state index is 5.98. The molecule has 1 N–H and O–H groups in total. The van der Waals surface area contributed by atoms with Crippen LogP contribution in [0.4, 0.5) is 0 Å². The zero-order chi connectivity index (χ0) is 11.0. The molecule has 0 saturated carbocycles. The van der Waals surface area contributed by atoms with Crippen molar-refractivity contribution in [1.82, 2.24) is 10.2 Å². The molecular weight excluding hydrogens is 240 g/mol. The van der Waals surface area contributed by atoms with E-state index in [4.69, 9.17) is 11.6 Å². The summed E-state index contributed by atoms with van der Waals surface area (Å²) in [5, 5.41) is 6.46. The van der Waals surface area contributed by atoms with Gasteiger partial charge in [-0.2, -0.15) is 0 Å². The van der Waals surface area contributed by atoms with Crippen LogP contribution >= 0.6 is 22.9 Å². The van der Waals surface area contributed by atoms with Crippen LogP contribution in [-0.2, 0) is 6.54 Å². The molecule has 2 atom stereocenters. The minimum atomic E-state index is 0.744. The van der Waals surface area contributed by atoms with Crippen LogP contribution in [0.3, 0.4) is 0 Å². The van der Waals surface area contributed by atoms with Crippen LogP contribution in [0.15, 0.2) is 11.4 Å². The van der Waals surface area contributed by atoms with Gasteiger partial charge < -0.3 is 5.32 Å². The Morgan fingerprint density at radius 1 is 1.38 bits per heavy atom. The Kier molecular flexibility index (Phi) is 3.20. The van der Waals surface area contributed by atoms with Gasteiger partial charge in [-0.1, -0.05) is 11.6 Å². The first-order valence-corrected chi connectivity index (χ1v) is 7.28. The predicted molar refractivity (Wildman–Crippen MR) is 69.2 cm³/mol. The molecule has 2 saturated heterocycles. The molecular formula is C12H17ClN2S. The summed E-state index contributed by atoms with van der Waals surface area (Å²) in [5.41, 5.74) is 0. The summed E-state index contributed by atoms with van der Waals surface area (Å²) in [6.07, 6.45) is 4.04. The molecule has 2 unspecified atom stereocenters. The zero-order valence-corrected chi connectivity index (χ0v) is 10.9. The van der Waals surface area contributed by atoms with E-state index >= 15 is 0 Å². The predicted octanol–water partition coefficient (Wildman–Crippen LogP) is 2.73. The summed E-state index contributed by atoms with van der Waals surface area (Å²) in [7, 11) is 0. The highest BCUT2D eigenvalue weighted by Crippen LogP contribution is 2.31. The number of nitrogens with zero attached hydrogens (tertiary/aromatic N) is 1. The third-order valence-electron chi connectivity index (χ3n) is 3.77. The van der Waals surface area contributed by atoms with Gasteiger partial charge in [-0.25, -0.2) is 0 Å². The lowest BCUT2D eigenvalue weighted by atomic mass is 10.1. The summed E-state index contributed by atoms with van der Waals surface area (Å²) >= 11 is 7.77. The monoisotopic (exact) mass is 256 g/mol. The lowest BCUT2D eigenvalue weighted by molar-refractivity contribution is 0.195. The number of hydrogen-bond donors (Lipinski definition) is 1. The second-order valence-electron chi connectivity index (χ2n) is 4.78. The summed E-state index contributed by atoms with van der Waals surface area (Å²) < 4.78 is 0. The van der Waals surface area contributed by atoms with Crippen LogP contribution in [0.1, 0.15) is 24.1 Å². The fourth-order valence-electron chi connectivity index (χ4n) is 2.96. The van der Waals surface area contributed by atoms with Crippen molar-refractivity contribution in [2.45, 2.75) is 37.9 Å². The maximum Gasteiger partial charge on any atom is 0.0516 e. The molecule has 2 aliphatic rings. The van der Waals surface area contributed by atoms with Gasteiger partial charge in [0.15, 0.2) is 0 Å². The molecule has 2 fully saturated rings. The first-order valence-electron chi connectivity index (χ1n) is 6.02. The Morgan fingerprint density at radius 2 is 2.25 bits per heavy atom. The van der Waals surface area contributed by atoms with Gasteiger partial charge in [0, 0.05) is 35.4 Å². The largest absolute Gasteiger partial charge is 0.315 e. The fourth-order valence-corrected chi connectivity index (χ4v) is 4.04. The molecule has 0 aliphatic carbocycles. The smallest absolute Gasteiger partial charge is 0.0516 e. The van der Waals surface area contributed by atoms with E-state index in [9.17, 15) is 0 Å². The van der Waals surface area contributed by atoms with Crippen molar-refractivity contribution in [3.8, 4) is 0 Å². The van der Waals surface area contributed by atoms with Gasteiger partial charge in [-0.05, 0) is 31.9 Å². The van der Waals surface area contributed by atoms with E-state index in [-0.39, 0.29) is 0 Å². The summed E-state index contributed by atoms with van der Waals surface area (Å²) in [4.78, 5) is 4.09. The number of nitrogens with one attached hydrogen (secondary N) is 1. The Bertz CT molecular complexity index is 352. The van der Waals surface area contributed by atoms with Crippen molar-refractivity contribution in [2.24, 2.45) is 0 Å². The van der Waals surface area contributed by atoms with Crippen LogP contribution in [-0.4, -0.2) is 30.1 Å². The molecule has 16 heavy (non-hydrogen) atoms. The molecule has 2 bridgehead atoms. The topological polar surface area (TPSA) is 15.3 Å². The van der Waals surface area contributed by atoms with Crippen molar-refractivity contribution in [2.75, 3.05) is 13.1 Å². The van der Waals surface area contributed by atoms with Gasteiger partial charge in [0.2, 0.25) is 0 Å². The van der Waals surface area contributed by atoms with E-state index in [1.165, 1.54) is 30.7 Å². The molecule has 2 nitrogen and oxygen atoms in total. The standard InChI is InChI=1S/C12H17ClN2S/c13-9-5-12(16-8-9)7-15-10-1-2-11(15)6-14-4-3-10/h5,8,10-11,14H,1-4,6-7H2. The van der Waals surface area contributed by atoms with E-state index in [1.807, 2.05) is 5.38 Å². The van der Waals surface area contributed by atoms with E-state index in [1.54, 1.807) is 11.3 Å². The molecule has 0 radical (unpaired) electrons. The van der Waals surface area contributed by atoms with Crippen LogP contribution in [0.2, 0.25) is 5.02 Å². The molecule has 0 spiro atoms. The third kappa shape index (κ3) is 2.14. The van der Waals surface area contributed by atoms with E-state index in [0.29, 0.717) is 0 Å². The van der Waals surface area contributed by atoms with Gasteiger partial charge in [0.1, 0.15) is 0 Å². The first-order chi connectivity index (χ1) is 7.83. The van der Waals surface area contributed by atoms with Crippen molar-refractivity contribution < 1.29 is 0 Å². The van der Waals surface area contributed by atoms with Crippen molar-refractivity contribution in [1.29, 1.82) is 0 Å². The van der Waals surface area contributed by atoms with E-state index in [0.717, 1.165) is 30.2 Å². The quantitative estimate of drug-likeness (QED) is 0.875. The SMILES string of the molecule is Clc1csc(CN2C3CCNCC2CC3)c1. The van der Waals surface area contributed by atoms with Crippen molar-refractivity contribution in [3.63, 3.8) is 0 Å². The van der Waals surface area contributed by atoms with Crippen LogP contribution in [0.5, 0.6) is 0 Å². The fraction of sp³-hybridized carbons (Fsp3) is 0.667. The van der Waals surface area contributed by atoms with Gasteiger partial charge >= 0.3 is 0 Å². The summed E-state index contributed by atoms with van der Waals surface area (Å²) in [6.45, 7) is 3.44. The average Bonchev–Trinajstić information content (AvgIpc) is 2.72. The van der Waals surface area contributed by atoms with E-state index in [2.05, 4.69) is 16.3 Å². The minimum Gasteiger partial charge on any atom is -0.315 e. The second-order valence-corrected chi connectivity index (χ2v) is 6.21. The highest BCUT2D eigenvalue weighted by atomic mass is 35.5. The van der Waals surface area contributed by atoms with Crippen molar-refractivity contribution in [3.05, 3.63) is 21.3 Å². The van der Waals surface area contributed by atoms with Crippen LogP contribution in [0, 0.1) is 0 Å². The molecule has 3 heterocycles. The normalized spacial score (nSPS) is 30.6. The van der Waals surface area contributed by atoms with Gasteiger partial charge in [0.05, 0.1) is 5.02 Å². The number of rotatable bonds is 2. The zero-order valence-electron chi connectivity index (χ0n) is 9.29. The number of hydrogen-bond acceptors (Lipinski definition) is 3. The van der Waals surface area contributed by atoms with Crippen LogP contribution < -0.4 is 5.32 Å². The Labute approximate surface area is 106 Å². The van der Waals surface area contributed by atoms with Crippen LogP contribution in [0.25, 0.3) is 0 Å². The summed E-state index contributed by atoms with van der Waals surface area (Å²) in [6, 6.07) is 3.65. The second kappa shape index (κ2) is 4.65. The molecule has 0 amide bonds. The number of thiophene rings is 1. The Hall–Kier alpha value is -0.0900. The third-order valence-corrected chi connectivity index (χ3v) is 5.03. The molecule has 1 aromatic heterocycles. The number of fused-ring (bicyclic) bond motifs is 2. The van der Waals surface area contributed by atoms with Gasteiger partial charge in [-0.15, -0.1) is 11.3 Å². The highest BCUT2D eigenvalue weighted by Gasteiger charge is 2.34. The van der Waals surface area contributed by atoms with Crippen molar-refractivity contribution >= 4 is 22.9 Å². The lowest BCUT2D eigenvalue weighted by Gasteiger charge is -2.26. The number of halogens is 1. The molecule has 2 aliphatic heterocycles. The van der Waals surface area contributed by atoms with Gasteiger partial charge in [-0.3, -0.25) is 4.90 Å². The molecule has 88 valence electrons. The first kappa shape index (κ1) is 11.0. The highest BCUT2D eigenvalue weighted by molar-refractivity contribution is 7.10. The van der Waals surface area contributed by atoms with Gasteiger partial charge in [0.25, 0.3) is 0 Å². The molecule has 4 heteroatoms. The Morgan fingerprint density at radius 3 is 3.06 bits per heavy atom. The lowest BCUT2D eigenvalue weighted by Crippen LogP contribution is -2.37. The molecule has 0 aromatic carbocycles. The molecule has 1 aromatic rings. The van der Waals surface area contributed by atoms with E-state index < -0.39 is 0 Å². The minimum absolute atomic E-state index is 0.744. The summed E-state index contributed by atoms with van der Waals surface area (Å²) in [5.74, 6) is 0. The average molecular weight is 257 g/mol. The molecule has 3 rings (SSSR count).